The summed E-state index contributed by atoms with van der Waals surface area (Å²) in [6, 6.07) is 14.8. The Balaban J connectivity index is 1.50. The number of rotatable bonds is 3. The number of fused-ring (bicyclic) bond motifs is 1. The average Bonchev–Trinajstić information content (AvgIpc) is 3.15. The van der Waals surface area contributed by atoms with Crippen molar-refractivity contribution >= 4 is 15.9 Å². The van der Waals surface area contributed by atoms with E-state index in [0.717, 1.165) is 35.6 Å². The van der Waals surface area contributed by atoms with Crippen LogP contribution in [0.4, 0.5) is 0 Å². The van der Waals surface area contributed by atoms with E-state index in [2.05, 4.69) is 51.2 Å². The van der Waals surface area contributed by atoms with Gasteiger partial charge in [0, 0.05) is 36.1 Å². The van der Waals surface area contributed by atoms with Crippen LogP contribution in [0.3, 0.4) is 0 Å². The highest BCUT2D eigenvalue weighted by Crippen LogP contribution is 2.38. The molecule has 2 aliphatic rings. The van der Waals surface area contributed by atoms with Crippen LogP contribution in [-0.2, 0) is 6.54 Å². The van der Waals surface area contributed by atoms with Crippen LogP contribution in [0.2, 0.25) is 0 Å². The van der Waals surface area contributed by atoms with Crippen molar-refractivity contribution in [3.8, 4) is 11.5 Å². The van der Waals surface area contributed by atoms with E-state index >= 15 is 0 Å². The number of likely N-dealkylation sites (tertiary alicyclic amines) is 1. The molecular weight excluding hydrogens is 356 g/mol. The normalized spacial score (nSPS) is 23.4. The Labute approximate surface area is 144 Å². The molecule has 2 atom stereocenters. The SMILES string of the molecule is N[C@@H]1CN(Cc2cc3c(cc2Br)OCO3)C[C@H]1c1ccccc1. The number of nitrogens with two attached hydrogens (primary N) is 1. The van der Waals surface area contributed by atoms with Crippen LogP contribution in [0, 0.1) is 0 Å². The van der Waals surface area contributed by atoms with Crippen molar-refractivity contribution in [2.75, 3.05) is 19.9 Å². The fourth-order valence-electron chi connectivity index (χ4n) is 3.42. The largest absolute Gasteiger partial charge is 0.454 e. The quantitative estimate of drug-likeness (QED) is 0.896. The van der Waals surface area contributed by atoms with Gasteiger partial charge >= 0.3 is 0 Å². The Hall–Kier alpha value is -1.56. The molecule has 2 N–H and O–H groups in total. The Morgan fingerprint density at radius 3 is 2.61 bits per heavy atom. The smallest absolute Gasteiger partial charge is 0.231 e. The number of nitrogens with zero attached hydrogens (tertiary/aromatic N) is 1. The van der Waals surface area contributed by atoms with Gasteiger partial charge in [-0.3, -0.25) is 4.90 Å². The summed E-state index contributed by atoms with van der Waals surface area (Å²) in [7, 11) is 0. The molecule has 4 nitrogen and oxygen atoms in total. The van der Waals surface area contributed by atoms with E-state index < -0.39 is 0 Å². The minimum absolute atomic E-state index is 0.171. The Kier molecular flexibility index (Phi) is 4.01. The van der Waals surface area contributed by atoms with Crippen molar-refractivity contribution in [2.45, 2.75) is 18.5 Å². The maximum atomic E-state index is 6.39. The van der Waals surface area contributed by atoms with Gasteiger partial charge in [-0.15, -0.1) is 0 Å². The van der Waals surface area contributed by atoms with Crippen molar-refractivity contribution in [3.63, 3.8) is 0 Å². The van der Waals surface area contributed by atoms with Gasteiger partial charge in [-0.05, 0) is 23.3 Å². The minimum atomic E-state index is 0.171. The Morgan fingerprint density at radius 1 is 1.09 bits per heavy atom. The molecule has 0 saturated carbocycles. The molecule has 2 heterocycles. The molecule has 0 aromatic heterocycles. The van der Waals surface area contributed by atoms with Crippen LogP contribution >= 0.6 is 15.9 Å². The lowest BCUT2D eigenvalue weighted by molar-refractivity contribution is 0.174. The van der Waals surface area contributed by atoms with Crippen LogP contribution < -0.4 is 15.2 Å². The molecule has 1 fully saturated rings. The third-order valence-electron chi connectivity index (χ3n) is 4.60. The van der Waals surface area contributed by atoms with Crippen LogP contribution in [0.15, 0.2) is 46.9 Å². The third kappa shape index (κ3) is 2.96. The lowest BCUT2D eigenvalue weighted by Gasteiger charge is -2.17. The second-order valence-electron chi connectivity index (χ2n) is 6.17. The van der Waals surface area contributed by atoms with Gasteiger partial charge in [-0.1, -0.05) is 46.3 Å². The molecule has 2 aromatic rings. The zero-order valence-electron chi connectivity index (χ0n) is 12.7. The van der Waals surface area contributed by atoms with E-state index in [4.69, 9.17) is 15.2 Å². The van der Waals surface area contributed by atoms with Gasteiger partial charge < -0.3 is 15.2 Å². The van der Waals surface area contributed by atoms with Gasteiger partial charge in [-0.25, -0.2) is 0 Å². The van der Waals surface area contributed by atoms with Crippen molar-refractivity contribution < 1.29 is 9.47 Å². The number of hydrogen-bond donors (Lipinski definition) is 1. The zero-order valence-corrected chi connectivity index (χ0v) is 14.3. The van der Waals surface area contributed by atoms with Gasteiger partial charge in [-0.2, -0.15) is 0 Å². The summed E-state index contributed by atoms with van der Waals surface area (Å²) in [4.78, 5) is 2.41. The first-order valence-corrected chi connectivity index (χ1v) is 8.61. The van der Waals surface area contributed by atoms with Crippen molar-refractivity contribution in [1.82, 2.24) is 4.90 Å². The molecule has 0 amide bonds. The lowest BCUT2D eigenvalue weighted by atomic mass is 9.95. The molecule has 120 valence electrons. The molecule has 0 spiro atoms. The number of hydrogen-bond acceptors (Lipinski definition) is 4. The van der Waals surface area contributed by atoms with E-state index in [-0.39, 0.29) is 6.04 Å². The summed E-state index contributed by atoms with van der Waals surface area (Å²) in [6.45, 7) is 3.04. The molecular formula is C18H19BrN2O2. The molecule has 2 aromatic carbocycles. The molecule has 2 aliphatic heterocycles. The van der Waals surface area contributed by atoms with Gasteiger partial charge in [0.2, 0.25) is 6.79 Å². The molecule has 0 unspecified atom stereocenters. The van der Waals surface area contributed by atoms with Crippen molar-refractivity contribution in [2.24, 2.45) is 5.73 Å². The van der Waals surface area contributed by atoms with E-state index in [1.807, 2.05) is 12.1 Å². The second-order valence-corrected chi connectivity index (χ2v) is 7.03. The first-order valence-electron chi connectivity index (χ1n) is 7.81. The summed E-state index contributed by atoms with van der Waals surface area (Å²) in [5, 5.41) is 0. The predicted octanol–water partition coefficient (Wildman–Crippen LogP) is 3.10. The van der Waals surface area contributed by atoms with E-state index in [1.165, 1.54) is 11.1 Å². The Bertz CT molecular complexity index is 708. The van der Waals surface area contributed by atoms with Crippen molar-refractivity contribution in [3.05, 3.63) is 58.1 Å². The maximum absolute atomic E-state index is 6.39. The van der Waals surface area contributed by atoms with Crippen LogP contribution in [0.5, 0.6) is 11.5 Å². The Morgan fingerprint density at radius 2 is 1.83 bits per heavy atom. The monoisotopic (exact) mass is 374 g/mol. The minimum Gasteiger partial charge on any atom is -0.454 e. The summed E-state index contributed by atoms with van der Waals surface area (Å²) in [5.74, 6) is 2.02. The standard InChI is InChI=1S/C18H19BrN2O2/c19-15-7-18-17(22-11-23-18)6-13(15)8-21-9-14(16(20)10-21)12-4-2-1-3-5-12/h1-7,14,16H,8-11,20H2/t14-,16+/m0/s1. The first-order chi connectivity index (χ1) is 11.2. The molecule has 0 bridgehead atoms. The molecule has 4 rings (SSSR count). The van der Waals surface area contributed by atoms with Crippen LogP contribution in [-0.4, -0.2) is 30.8 Å². The fourth-order valence-corrected chi connectivity index (χ4v) is 3.86. The maximum Gasteiger partial charge on any atom is 0.231 e. The average molecular weight is 375 g/mol. The predicted molar refractivity (Wildman–Crippen MR) is 92.7 cm³/mol. The first kappa shape index (κ1) is 15.0. The highest BCUT2D eigenvalue weighted by Gasteiger charge is 2.31. The van der Waals surface area contributed by atoms with Gasteiger partial charge in [0.15, 0.2) is 11.5 Å². The van der Waals surface area contributed by atoms with Crippen LogP contribution in [0.1, 0.15) is 17.0 Å². The summed E-state index contributed by atoms with van der Waals surface area (Å²) < 4.78 is 11.9. The molecule has 23 heavy (non-hydrogen) atoms. The van der Waals surface area contributed by atoms with Gasteiger partial charge in [0.1, 0.15) is 0 Å². The van der Waals surface area contributed by atoms with Crippen molar-refractivity contribution in [1.29, 1.82) is 0 Å². The van der Waals surface area contributed by atoms with E-state index in [1.54, 1.807) is 0 Å². The zero-order chi connectivity index (χ0) is 15.8. The lowest BCUT2D eigenvalue weighted by Crippen LogP contribution is -2.28. The van der Waals surface area contributed by atoms with E-state index in [9.17, 15) is 0 Å². The molecule has 1 saturated heterocycles. The summed E-state index contributed by atoms with van der Waals surface area (Å²) in [6.07, 6.45) is 0. The highest BCUT2D eigenvalue weighted by molar-refractivity contribution is 9.10. The number of halogens is 1. The second kappa shape index (κ2) is 6.15. The third-order valence-corrected chi connectivity index (χ3v) is 5.34. The molecule has 0 aliphatic carbocycles. The topological polar surface area (TPSA) is 47.7 Å². The highest BCUT2D eigenvalue weighted by atomic mass is 79.9. The molecule has 0 radical (unpaired) electrons. The van der Waals surface area contributed by atoms with Crippen LogP contribution in [0.25, 0.3) is 0 Å². The summed E-state index contributed by atoms with van der Waals surface area (Å²) in [5.41, 5.74) is 8.92. The fraction of sp³-hybridized carbons (Fsp3) is 0.333. The number of benzene rings is 2. The van der Waals surface area contributed by atoms with Gasteiger partial charge in [0.05, 0.1) is 0 Å². The number of ether oxygens (including phenoxy) is 2. The van der Waals surface area contributed by atoms with E-state index in [0.29, 0.717) is 12.7 Å². The molecule has 5 heteroatoms. The van der Waals surface area contributed by atoms with Gasteiger partial charge in [0.25, 0.3) is 0 Å². The summed E-state index contributed by atoms with van der Waals surface area (Å²) >= 11 is 3.64.